The lowest BCUT2D eigenvalue weighted by Crippen LogP contribution is -2.07. The summed E-state index contributed by atoms with van der Waals surface area (Å²) >= 11 is 5.88. The van der Waals surface area contributed by atoms with Crippen LogP contribution in [0.25, 0.3) is 0 Å². The van der Waals surface area contributed by atoms with E-state index >= 15 is 0 Å². The zero-order valence-corrected chi connectivity index (χ0v) is 10.9. The van der Waals surface area contributed by atoms with Gasteiger partial charge in [-0.3, -0.25) is 10.1 Å². The van der Waals surface area contributed by atoms with Crippen molar-refractivity contribution in [3.05, 3.63) is 27.4 Å². The predicted molar refractivity (Wildman–Crippen MR) is 70.1 cm³/mol. The van der Waals surface area contributed by atoms with Crippen molar-refractivity contribution < 1.29 is 9.66 Å². The van der Waals surface area contributed by atoms with Gasteiger partial charge >= 0.3 is 0 Å². The molecule has 0 unspecified atom stereocenters. The Morgan fingerprint density at radius 3 is 2.94 bits per heavy atom. The van der Waals surface area contributed by atoms with Crippen LogP contribution in [0.4, 0.5) is 11.5 Å². The number of halogens is 1. The number of hydrogen-bond acceptors (Lipinski definition) is 5. The number of aromatic nitrogens is 1. The average molecular weight is 274 g/mol. The van der Waals surface area contributed by atoms with Crippen LogP contribution in [0.1, 0.15) is 19.8 Å². The fourth-order valence-electron chi connectivity index (χ4n) is 1.29. The van der Waals surface area contributed by atoms with Crippen molar-refractivity contribution in [3.63, 3.8) is 0 Å². The van der Waals surface area contributed by atoms with E-state index in [1.54, 1.807) is 0 Å². The van der Waals surface area contributed by atoms with Gasteiger partial charge in [-0.1, -0.05) is 18.5 Å². The van der Waals surface area contributed by atoms with Crippen LogP contribution >= 0.6 is 11.6 Å². The summed E-state index contributed by atoms with van der Waals surface area (Å²) in [5.74, 6) is 0.456. The molecule has 0 aliphatic rings. The highest BCUT2D eigenvalue weighted by Gasteiger charge is 2.10. The van der Waals surface area contributed by atoms with E-state index in [1.165, 1.54) is 12.3 Å². The van der Waals surface area contributed by atoms with E-state index < -0.39 is 4.92 Å². The Morgan fingerprint density at radius 2 is 2.33 bits per heavy atom. The molecule has 1 N–H and O–H groups in total. The fourth-order valence-corrected chi connectivity index (χ4v) is 1.51. The highest BCUT2D eigenvalue weighted by molar-refractivity contribution is 6.33. The molecule has 18 heavy (non-hydrogen) atoms. The second kappa shape index (κ2) is 7.84. The van der Waals surface area contributed by atoms with Gasteiger partial charge in [-0.05, 0) is 12.8 Å². The van der Waals surface area contributed by atoms with Crippen LogP contribution in [0.2, 0.25) is 5.02 Å². The summed E-state index contributed by atoms with van der Waals surface area (Å²) in [6.45, 7) is 4.15. The number of nitro groups is 1. The number of rotatable bonds is 8. The Labute approximate surface area is 110 Å². The van der Waals surface area contributed by atoms with Gasteiger partial charge in [0.05, 0.1) is 9.95 Å². The van der Waals surface area contributed by atoms with Gasteiger partial charge in [0.1, 0.15) is 12.0 Å². The molecule has 0 bridgehead atoms. The molecule has 0 spiro atoms. The number of hydrogen-bond donors (Lipinski definition) is 1. The van der Waals surface area contributed by atoms with Crippen LogP contribution < -0.4 is 5.32 Å². The Morgan fingerprint density at radius 1 is 1.56 bits per heavy atom. The second-order valence-electron chi connectivity index (χ2n) is 3.67. The van der Waals surface area contributed by atoms with Gasteiger partial charge in [0.2, 0.25) is 0 Å². The van der Waals surface area contributed by atoms with Crippen molar-refractivity contribution in [3.8, 4) is 0 Å². The molecule has 0 amide bonds. The Bertz CT molecular complexity index is 401. The maximum atomic E-state index is 10.5. The first-order chi connectivity index (χ1) is 8.65. The molecule has 0 fully saturated rings. The molecule has 0 aromatic carbocycles. The van der Waals surface area contributed by atoms with E-state index in [9.17, 15) is 10.1 Å². The van der Waals surface area contributed by atoms with Gasteiger partial charge in [0.25, 0.3) is 5.69 Å². The largest absolute Gasteiger partial charge is 0.381 e. The Kier molecular flexibility index (Phi) is 6.38. The molecule has 0 atom stereocenters. The number of nitrogens with one attached hydrogen (secondary N) is 1. The van der Waals surface area contributed by atoms with Crippen LogP contribution in [0.3, 0.4) is 0 Å². The molecule has 100 valence electrons. The van der Waals surface area contributed by atoms with Crippen molar-refractivity contribution >= 4 is 23.1 Å². The topological polar surface area (TPSA) is 77.3 Å². The monoisotopic (exact) mass is 273 g/mol. The zero-order valence-electron chi connectivity index (χ0n) is 10.2. The zero-order chi connectivity index (χ0) is 13.4. The number of anilines is 1. The maximum Gasteiger partial charge on any atom is 0.289 e. The molecule has 0 aliphatic heterocycles. The normalized spacial score (nSPS) is 10.3. The van der Waals surface area contributed by atoms with Crippen LogP contribution in [-0.4, -0.2) is 29.7 Å². The van der Waals surface area contributed by atoms with E-state index in [-0.39, 0.29) is 10.7 Å². The summed E-state index contributed by atoms with van der Waals surface area (Å²) in [4.78, 5) is 13.9. The second-order valence-corrected chi connectivity index (χ2v) is 4.08. The molecular weight excluding hydrogens is 258 g/mol. The Balaban J connectivity index is 2.36. The maximum absolute atomic E-state index is 10.5. The third kappa shape index (κ3) is 4.85. The first-order valence-electron chi connectivity index (χ1n) is 5.76. The summed E-state index contributed by atoms with van der Waals surface area (Å²) in [6, 6.07) is 1.28. The molecule has 1 aromatic heterocycles. The van der Waals surface area contributed by atoms with E-state index in [4.69, 9.17) is 16.3 Å². The van der Waals surface area contributed by atoms with Gasteiger partial charge in [-0.25, -0.2) is 4.98 Å². The molecule has 0 saturated heterocycles. The van der Waals surface area contributed by atoms with Crippen LogP contribution in [0.5, 0.6) is 0 Å². The van der Waals surface area contributed by atoms with Crippen LogP contribution in [0.15, 0.2) is 12.3 Å². The smallest absolute Gasteiger partial charge is 0.289 e. The van der Waals surface area contributed by atoms with E-state index in [2.05, 4.69) is 17.2 Å². The van der Waals surface area contributed by atoms with Crippen molar-refractivity contribution in [2.45, 2.75) is 19.8 Å². The minimum absolute atomic E-state index is 0.114. The Hall–Kier alpha value is -1.40. The van der Waals surface area contributed by atoms with Crippen molar-refractivity contribution in [1.29, 1.82) is 0 Å². The van der Waals surface area contributed by atoms with Crippen LogP contribution in [-0.2, 0) is 4.74 Å². The lowest BCUT2D eigenvalue weighted by molar-refractivity contribution is -0.385. The van der Waals surface area contributed by atoms with Crippen molar-refractivity contribution in [1.82, 2.24) is 4.98 Å². The molecule has 0 aliphatic carbocycles. The quantitative estimate of drug-likeness (QED) is 0.448. The van der Waals surface area contributed by atoms with Crippen LogP contribution in [0, 0.1) is 10.1 Å². The number of pyridine rings is 1. The molecule has 1 rings (SSSR count). The minimum atomic E-state index is -0.527. The summed E-state index contributed by atoms with van der Waals surface area (Å²) in [5, 5.41) is 13.8. The first-order valence-corrected chi connectivity index (χ1v) is 6.14. The van der Waals surface area contributed by atoms with Gasteiger partial charge < -0.3 is 10.1 Å². The predicted octanol–water partition coefficient (Wildman–Crippen LogP) is 2.87. The highest BCUT2D eigenvalue weighted by atomic mass is 35.5. The molecule has 1 heterocycles. The minimum Gasteiger partial charge on any atom is -0.381 e. The first kappa shape index (κ1) is 14.7. The molecule has 1 aromatic rings. The van der Waals surface area contributed by atoms with Gasteiger partial charge in [-0.15, -0.1) is 0 Å². The number of ether oxygens (including phenoxy) is 1. The van der Waals surface area contributed by atoms with E-state index in [1.807, 2.05) is 0 Å². The van der Waals surface area contributed by atoms with E-state index in [0.29, 0.717) is 19.0 Å². The highest BCUT2D eigenvalue weighted by Crippen LogP contribution is 2.23. The summed E-state index contributed by atoms with van der Waals surface area (Å²) < 4.78 is 5.32. The molecule has 0 radical (unpaired) electrons. The molecule has 7 heteroatoms. The molecule has 6 nitrogen and oxygen atoms in total. The summed E-state index contributed by atoms with van der Waals surface area (Å²) in [5.41, 5.74) is -0.114. The van der Waals surface area contributed by atoms with Crippen molar-refractivity contribution in [2.75, 3.05) is 25.1 Å². The number of nitrogens with zero attached hydrogens (tertiary/aromatic N) is 2. The van der Waals surface area contributed by atoms with Gasteiger partial charge in [-0.2, -0.15) is 0 Å². The van der Waals surface area contributed by atoms with Gasteiger partial charge in [0.15, 0.2) is 0 Å². The molecule has 0 saturated carbocycles. The van der Waals surface area contributed by atoms with Crippen molar-refractivity contribution in [2.24, 2.45) is 0 Å². The standard InChI is InChI=1S/C11H16ClN3O3/c1-2-5-18-6-3-4-13-11-10(12)7-9(8-14-11)15(16)17/h7-8H,2-6H2,1H3,(H,13,14). The summed E-state index contributed by atoms with van der Waals surface area (Å²) in [7, 11) is 0. The lowest BCUT2D eigenvalue weighted by Gasteiger charge is -2.07. The third-order valence-electron chi connectivity index (χ3n) is 2.14. The van der Waals surface area contributed by atoms with E-state index in [0.717, 1.165) is 19.4 Å². The SMILES string of the molecule is CCCOCCCNc1ncc([N+](=O)[O-])cc1Cl. The lowest BCUT2D eigenvalue weighted by atomic mass is 10.4. The average Bonchev–Trinajstić information content (AvgIpc) is 2.35. The fraction of sp³-hybridized carbons (Fsp3) is 0.545. The summed E-state index contributed by atoms with van der Waals surface area (Å²) in [6.07, 6.45) is 3.01. The molecular formula is C11H16ClN3O3. The third-order valence-corrected chi connectivity index (χ3v) is 2.43. The van der Waals surface area contributed by atoms with Gasteiger partial charge in [0, 0.05) is 25.8 Å².